The molecule has 0 amide bonds. The summed E-state index contributed by atoms with van der Waals surface area (Å²) in [6, 6.07) is 3.58. The summed E-state index contributed by atoms with van der Waals surface area (Å²) < 4.78 is 29.1. The quantitative estimate of drug-likeness (QED) is 0.896. The van der Waals surface area contributed by atoms with Crippen molar-refractivity contribution in [2.24, 2.45) is 7.05 Å². The summed E-state index contributed by atoms with van der Waals surface area (Å²) in [7, 11) is -0.556. The molecule has 18 heavy (non-hydrogen) atoms. The third-order valence-electron chi connectivity index (χ3n) is 2.64. The zero-order valence-electron chi connectivity index (χ0n) is 10.2. The summed E-state index contributed by atoms with van der Waals surface area (Å²) in [5.74, 6) is 0.218. The maximum absolute atomic E-state index is 11.5. The molecular weight excluding hydrogens is 276 g/mol. The number of benzene rings is 1. The highest BCUT2D eigenvalue weighted by molar-refractivity contribution is 7.90. The van der Waals surface area contributed by atoms with Gasteiger partial charge >= 0.3 is 0 Å². The molecule has 1 heterocycles. The monoisotopic (exact) mass is 288 g/mol. The van der Waals surface area contributed by atoms with E-state index in [0.29, 0.717) is 10.4 Å². The average molecular weight is 289 g/mol. The van der Waals surface area contributed by atoms with E-state index in [4.69, 9.17) is 11.6 Å². The Morgan fingerprint density at radius 2 is 2.06 bits per heavy atom. The summed E-state index contributed by atoms with van der Waals surface area (Å²) in [6.45, 7) is 1.91. The first kappa shape index (κ1) is 13.1. The first-order valence-corrected chi connectivity index (χ1v) is 7.05. The third-order valence-corrected chi connectivity index (χ3v) is 3.95. The SMILES string of the molecule is CNS(=O)(=O)Nc1nn(C)c2c(C)ccc(Cl)c12. The molecule has 0 aliphatic heterocycles. The van der Waals surface area contributed by atoms with Gasteiger partial charge in [-0.25, -0.2) is 4.72 Å². The maximum Gasteiger partial charge on any atom is 0.300 e. The molecule has 0 bridgehead atoms. The van der Waals surface area contributed by atoms with Crippen LogP contribution in [0.3, 0.4) is 0 Å². The molecule has 98 valence electrons. The lowest BCUT2D eigenvalue weighted by Gasteiger charge is -2.04. The number of rotatable bonds is 3. The highest BCUT2D eigenvalue weighted by Crippen LogP contribution is 2.32. The Morgan fingerprint density at radius 1 is 1.39 bits per heavy atom. The molecule has 0 spiro atoms. The van der Waals surface area contributed by atoms with Crippen LogP contribution in [0.4, 0.5) is 5.82 Å². The lowest BCUT2D eigenvalue weighted by atomic mass is 10.1. The van der Waals surface area contributed by atoms with Gasteiger partial charge in [0.1, 0.15) is 0 Å². The van der Waals surface area contributed by atoms with Crippen molar-refractivity contribution in [3.8, 4) is 0 Å². The van der Waals surface area contributed by atoms with Crippen LogP contribution in [0.1, 0.15) is 5.56 Å². The zero-order chi connectivity index (χ0) is 13.5. The molecular formula is C10H13ClN4O2S. The van der Waals surface area contributed by atoms with Crippen molar-refractivity contribution < 1.29 is 8.42 Å². The number of halogens is 1. The molecule has 0 saturated heterocycles. The van der Waals surface area contributed by atoms with Crippen LogP contribution in [-0.2, 0) is 17.3 Å². The molecule has 2 aromatic rings. The summed E-state index contributed by atoms with van der Waals surface area (Å²) in [4.78, 5) is 0. The van der Waals surface area contributed by atoms with Gasteiger partial charge in [-0.05, 0) is 18.6 Å². The van der Waals surface area contributed by atoms with Gasteiger partial charge in [0.15, 0.2) is 5.82 Å². The first-order chi connectivity index (χ1) is 8.35. The van der Waals surface area contributed by atoms with Crippen molar-refractivity contribution in [2.75, 3.05) is 11.8 Å². The second-order valence-electron chi connectivity index (χ2n) is 3.87. The Bertz CT molecular complexity index is 708. The second kappa shape index (κ2) is 4.42. The van der Waals surface area contributed by atoms with Crippen LogP contribution in [-0.4, -0.2) is 25.2 Å². The fourth-order valence-corrected chi connectivity index (χ4v) is 2.55. The van der Waals surface area contributed by atoms with Crippen LogP contribution in [0.15, 0.2) is 12.1 Å². The van der Waals surface area contributed by atoms with Crippen LogP contribution >= 0.6 is 11.6 Å². The predicted molar refractivity (Wildman–Crippen MR) is 72.1 cm³/mol. The normalized spacial score (nSPS) is 12.0. The molecule has 0 unspecified atom stereocenters. The molecule has 0 aliphatic rings. The van der Waals surface area contributed by atoms with E-state index in [2.05, 4.69) is 14.5 Å². The maximum atomic E-state index is 11.5. The van der Waals surface area contributed by atoms with Crippen molar-refractivity contribution >= 4 is 38.5 Å². The standard InChI is InChI=1S/C10H13ClN4O2S/c1-6-4-5-7(11)8-9(6)15(3)13-10(8)14-18(16,17)12-2/h4-5,12H,1-3H3,(H,13,14). The van der Waals surface area contributed by atoms with Crippen molar-refractivity contribution in [3.05, 3.63) is 22.7 Å². The van der Waals surface area contributed by atoms with Gasteiger partial charge in [0, 0.05) is 14.1 Å². The summed E-state index contributed by atoms with van der Waals surface area (Å²) in [6.07, 6.45) is 0. The molecule has 2 N–H and O–H groups in total. The Kier molecular flexibility index (Phi) is 3.22. The minimum atomic E-state index is -3.61. The number of aromatic nitrogens is 2. The Morgan fingerprint density at radius 3 is 2.67 bits per heavy atom. The summed E-state index contributed by atoms with van der Waals surface area (Å²) >= 11 is 6.11. The fraction of sp³-hybridized carbons (Fsp3) is 0.300. The van der Waals surface area contributed by atoms with Gasteiger partial charge in [0.2, 0.25) is 0 Å². The number of nitrogens with one attached hydrogen (secondary N) is 2. The lowest BCUT2D eigenvalue weighted by molar-refractivity contribution is 0.593. The smallest absolute Gasteiger partial charge is 0.265 e. The van der Waals surface area contributed by atoms with Crippen molar-refractivity contribution in [1.82, 2.24) is 14.5 Å². The number of hydrogen-bond donors (Lipinski definition) is 2. The van der Waals surface area contributed by atoms with E-state index in [-0.39, 0.29) is 5.82 Å². The Hall–Kier alpha value is -1.31. The molecule has 1 aromatic heterocycles. The predicted octanol–water partition coefficient (Wildman–Crippen LogP) is 1.41. The highest BCUT2D eigenvalue weighted by Gasteiger charge is 2.17. The van der Waals surface area contributed by atoms with E-state index >= 15 is 0 Å². The molecule has 0 radical (unpaired) electrons. The van der Waals surface area contributed by atoms with E-state index in [1.165, 1.54) is 7.05 Å². The van der Waals surface area contributed by atoms with Crippen molar-refractivity contribution in [3.63, 3.8) is 0 Å². The van der Waals surface area contributed by atoms with Gasteiger partial charge < -0.3 is 0 Å². The van der Waals surface area contributed by atoms with Gasteiger partial charge in [0.05, 0.1) is 15.9 Å². The highest BCUT2D eigenvalue weighted by atomic mass is 35.5. The topological polar surface area (TPSA) is 76.0 Å². The van der Waals surface area contributed by atoms with E-state index < -0.39 is 10.2 Å². The van der Waals surface area contributed by atoms with Crippen LogP contribution in [0.2, 0.25) is 5.02 Å². The van der Waals surface area contributed by atoms with E-state index in [1.807, 2.05) is 13.0 Å². The molecule has 6 nitrogen and oxygen atoms in total. The molecule has 1 aromatic carbocycles. The second-order valence-corrected chi connectivity index (χ2v) is 5.90. The summed E-state index contributed by atoms with van der Waals surface area (Å²) in [5.41, 5.74) is 1.77. The number of aryl methyl sites for hydroxylation is 2. The molecule has 0 aliphatic carbocycles. The van der Waals surface area contributed by atoms with Gasteiger partial charge in [-0.1, -0.05) is 17.7 Å². The molecule has 0 fully saturated rings. The number of hydrogen-bond acceptors (Lipinski definition) is 3. The fourth-order valence-electron chi connectivity index (χ4n) is 1.81. The Balaban J connectivity index is 2.70. The van der Waals surface area contributed by atoms with Gasteiger partial charge in [-0.3, -0.25) is 9.40 Å². The number of anilines is 1. The van der Waals surface area contributed by atoms with Crippen molar-refractivity contribution in [1.29, 1.82) is 0 Å². The average Bonchev–Trinajstić information content (AvgIpc) is 2.61. The largest absolute Gasteiger partial charge is 0.300 e. The third kappa shape index (κ3) is 2.16. The number of fused-ring (bicyclic) bond motifs is 1. The zero-order valence-corrected chi connectivity index (χ0v) is 11.7. The minimum Gasteiger partial charge on any atom is -0.265 e. The van der Waals surface area contributed by atoms with Gasteiger partial charge in [-0.15, -0.1) is 0 Å². The lowest BCUT2D eigenvalue weighted by Crippen LogP contribution is -2.26. The van der Waals surface area contributed by atoms with E-state index in [1.54, 1.807) is 17.8 Å². The molecule has 0 saturated carbocycles. The minimum absolute atomic E-state index is 0.218. The van der Waals surface area contributed by atoms with Crippen molar-refractivity contribution in [2.45, 2.75) is 6.92 Å². The Labute approximate surface area is 110 Å². The van der Waals surface area contributed by atoms with Crippen LogP contribution in [0, 0.1) is 6.92 Å². The van der Waals surface area contributed by atoms with E-state index in [0.717, 1.165) is 11.1 Å². The number of nitrogens with zero attached hydrogens (tertiary/aromatic N) is 2. The van der Waals surface area contributed by atoms with Crippen LogP contribution in [0.5, 0.6) is 0 Å². The van der Waals surface area contributed by atoms with Crippen LogP contribution in [0.25, 0.3) is 10.9 Å². The van der Waals surface area contributed by atoms with E-state index in [9.17, 15) is 8.42 Å². The van der Waals surface area contributed by atoms with Crippen LogP contribution < -0.4 is 9.44 Å². The van der Waals surface area contributed by atoms with Gasteiger partial charge in [0.25, 0.3) is 10.2 Å². The first-order valence-electron chi connectivity index (χ1n) is 5.19. The molecule has 2 rings (SSSR count). The molecule has 0 atom stereocenters. The van der Waals surface area contributed by atoms with Gasteiger partial charge in [-0.2, -0.15) is 13.5 Å². The molecule has 8 heteroatoms. The summed E-state index contributed by atoms with van der Waals surface area (Å²) in [5, 5.41) is 5.20.